The van der Waals surface area contributed by atoms with Crippen LogP contribution >= 0.6 is 0 Å². The van der Waals surface area contributed by atoms with Crippen molar-refractivity contribution in [3.8, 4) is 0 Å². The molecule has 20 atom stereocenters. The van der Waals surface area contributed by atoms with Gasteiger partial charge in [0.2, 0.25) is 0 Å². The number of aliphatic hydroxyl groups excluding tert-OH is 12. The monoisotopic (exact) mass is 783 g/mol. The second kappa shape index (κ2) is 21.6. The van der Waals surface area contributed by atoms with Crippen molar-refractivity contribution in [1.29, 1.82) is 0 Å². The number of aliphatic hydroxyl groups is 12. The fourth-order valence-electron chi connectivity index (χ4n) is 6.44. The molecule has 4 rings (SSSR count). The largest absolute Gasteiger partial charge is 0.394 e. The predicted molar refractivity (Wildman–Crippen MR) is 175 cm³/mol. The van der Waals surface area contributed by atoms with E-state index in [1.165, 1.54) is 0 Å². The van der Waals surface area contributed by atoms with Crippen LogP contribution in [0.1, 0.15) is 41.5 Å². The lowest BCUT2D eigenvalue weighted by Gasteiger charge is -2.46. The highest BCUT2D eigenvalue weighted by molar-refractivity contribution is 4.97. The molecule has 20 heteroatoms. The maximum absolute atomic E-state index is 13.4. The van der Waals surface area contributed by atoms with Crippen LogP contribution in [0.15, 0.2) is 0 Å². The van der Waals surface area contributed by atoms with Crippen molar-refractivity contribution < 1.29 is 98.1 Å². The van der Waals surface area contributed by atoms with E-state index in [-0.39, 0.29) is 17.8 Å². The van der Waals surface area contributed by atoms with E-state index >= 15 is 0 Å². The van der Waals surface area contributed by atoms with Crippen LogP contribution in [-0.4, -0.2) is 210 Å². The van der Waals surface area contributed by atoms with Gasteiger partial charge in [0.1, 0.15) is 105 Å². The Morgan fingerprint density at radius 1 is 0.453 bits per heavy atom. The highest BCUT2D eigenvalue weighted by atomic mass is 18.2. The topological polar surface area (TPSA) is 289 Å². The molecule has 0 aromatic rings. The van der Waals surface area contributed by atoms with Gasteiger partial charge in [-0.3, -0.25) is 0 Å². The molecule has 8 unspecified atom stereocenters. The van der Waals surface area contributed by atoms with Crippen molar-refractivity contribution in [2.45, 2.75) is 164 Å². The van der Waals surface area contributed by atoms with Gasteiger partial charge in [-0.05, 0) is 17.8 Å². The Kier molecular flexibility index (Phi) is 19.7. The number of rotatable bonds is 9. The zero-order valence-corrected chi connectivity index (χ0v) is 30.6. The Labute approximate surface area is 306 Å². The average molecular weight is 784 g/mol. The van der Waals surface area contributed by atoms with Crippen LogP contribution in [0.25, 0.3) is 0 Å². The number of hydrogen-bond donors (Lipinski definition) is 12. The van der Waals surface area contributed by atoms with Crippen LogP contribution in [0.3, 0.4) is 0 Å². The lowest BCUT2D eigenvalue weighted by atomic mass is 9.89. The third-order valence-corrected chi connectivity index (χ3v) is 9.77. The number of halogens is 3. The molecule has 4 aliphatic rings. The molecule has 0 amide bonds. The van der Waals surface area contributed by atoms with E-state index < -0.39 is 149 Å². The van der Waals surface area contributed by atoms with Gasteiger partial charge in [-0.1, -0.05) is 41.5 Å². The summed E-state index contributed by atoms with van der Waals surface area (Å²) in [7, 11) is 0. The number of alkyl halides is 3. The smallest absolute Gasteiger partial charge is 0.187 e. The summed E-state index contributed by atoms with van der Waals surface area (Å²) in [6, 6.07) is 0. The van der Waals surface area contributed by atoms with Crippen molar-refractivity contribution in [2.24, 2.45) is 17.8 Å². The lowest BCUT2D eigenvalue weighted by Crippen LogP contribution is -2.64. The van der Waals surface area contributed by atoms with Gasteiger partial charge >= 0.3 is 0 Å². The van der Waals surface area contributed by atoms with E-state index in [1.54, 1.807) is 41.5 Å². The summed E-state index contributed by atoms with van der Waals surface area (Å²) in [4.78, 5) is 0. The van der Waals surface area contributed by atoms with E-state index in [0.29, 0.717) is 0 Å². The van der Waals surface area contributed by atoms with Crippen molar-refractivity contribution in [3.63, 3.8) is 0 Å². The van der Waals surface area contributed by atoms with Crippen LogP contribution in [0.2, 0.25) is 0 Å². The first-order valence-corrected chi connectivity index (χ1v) is 17.8. The van der Waals surface area contributed by atoms with Gasteiger partial charge in [0.05, 0.1) is 31.5 Å². The molecular formula is C33H61F3O17. The average Bonchev–Trinajstić information content (AvgIpc) is 3.12. The van der Waals surface area contributed by atoms with E-state index in [1.807, 2.05) is 0 Å². The molecule has 0 aromatic heterocycles. The summed E-state index contributed by atoms with van der Waals surface area (Å²) in [5.74, 6) is -0.300. The first-order valence-electron chi connectivity index (χ1n) is 17.8. The Balaban J connectivity index is 0.000000296. The minimum atomic E-state index is -1.72. The van der Waals surface area contributed by atoms with Gasteiger partial charge in [-0.15, -0.1) is 0 Å². The van der Waals surface area contributed by atoms with E-state index in [0.717, 1.165) is 0 Å². The molecule has 4 fully saturated rings. The van der Waals surface area contributed by atoms with Gasteiger partial charge in [0, 0.05) is 0 Å². The summed E-state index contributed by atoms with van der Waals surface area (Å²) in [6.45, 7) is 7.70. The molecule has 0 radical (unpaired) electrons. The molecular weight excluding hydrogens is 722 g/mol. The quantitative estimate of drug-likeness (QED) is 0.107. The van der Waals surface area contributed by atoms with Gasteiger partial charge in [0.25, 0.3) is 0 Å². The maximum atomic E-state index is 13.4. The minimum Gasteiger partial charge on any atom is -0.394 e. The zero-order valence-electron chi connectivity index (χ0n) is 30.6. The molecule has 4 heterocycles. The maximum Gasteiger partial charge on any atom is 0.187 e. The van der Waals surface area contributed by atoms with Crippen LogP contribution in [0.5, 0.6) is 0 Å². The van der Waals surface area contributed by atoms with E-state index in [4.69, 9.17) is 28.8 Å². The molecule has 0 bridgehead atoms. The van der Waals surface area contributed by atoms with Crippen molar-refractivity contribution in [3.05, 3.63) is 0 Å². The Morgan fingerprint density at radius 3 is 1.26 bits per heavy atom. The van der Waals surface area contributed by atoms with Crippen LogP contribution in [0, 0.1) is 17.8 Å². The standard InChI is InChI=1S/C15H27FO9.2C9H17FO4/c1-5(2)13-10(20)11(21)14(7(4-17)23-13)25-15-12(22)9(19)8(18)6(3-16)24-15;1-4(2)9-6(10)8(13)7(12)5(3-11)14-9;1-4(2)9-8(13)7(12)6(11)5(3-10)14-9/h5-15,17-22H,3-4H2,1-2H3;2*4-9,11-13H,3H2,1-2H3/t6?,7?,8-,9+,10?,11-,12?,13+,14-,15-;5?,6?,7-,8-,9+;5?,6-,7+,8?,9+/m111/s1/i16-1;2*10-1. The molecule has 53 heavy (non-hydrogen) atoms. The van der Waals surface area contributed by atoms with Crippen LogP contribution in [-0.2, 0) is 23.7 Å². The van der Waals surface area contributed by atoms with Gasteiger partial charge < -0.3 is 85.0 Å². The zero-order chi connectivity index (χ0) is 40.6. The molecule has 4 saturated heterocycles. The SMILES string of the molecule is CC(C)[C@@H]1OC(CO)[C@@H](O)[C@H](O)C1[18F].CC(C)[C@@H]1OC(CO)[C@@H](O[C@H]2OC(C[18F])[C@@H](O)[C@H](O)C2O)[C@H](O)C1O.CC(C)[C@@H]1OC(C[18F])[C@@H](O)[C@H](O)C1O. The third kappa shape index (κ3) is 11.6. The second-order valence-electron chi connectivity index (χ2n) is 14.8. The fraction of sp³-hybridized carbons (Fsp3) is 1.00. The second-order valence-corrected chi connectivity index (χ2v) is 14.8. The summed E-state index contributed by atoms with van der Waals surface area (Å²) in [5, 5.41) is 115. The minimum absolute atomic E-state index is 0.0406. The predicted octanol–water partition coefficient (Wildman–Crippen LogP) is -3.79. The fourth-order valence-corrected chi connectivity index (χ4v) is 6.44. The van der Waals surface area contributed by atoms with Crippen molar-refractivity contribution in [2.75, 3.05) is 26.6 Å². The Bertz CT molecular complexity index is 989. The third-order valence-electron chi connectivity index (χ3n) is 9.77. The lowest BCUT2D eigenvalue weighted by molar-refractivity contribution is -0.342. The molecule has 17 nitrogen and oxygen atoms in total. The van der Waals surface area contributed by atoms with Crippen LogP contribution < -0.4 is 0 Å². The molecule has 0 aliphatic carbocycles. The van der Waals surface area contributed by atoms with Crippen molar-refractivity contribution in [1.82, 2.24) is 0 Å². The molecule has 4 aliphatic heterocycles. The van der Waals surface area contributed by atoms with Crippen LogP contribution in [0.4, 0.5) is 13.2 Å². The Morgan fingerprint density at radius 2 is 0.830 bits per heavy atom. The normalized spacial score (nSPS) is 46.4. The van der Waals surface area contributed by atoms with Gasteiger partial charge in [-0.25, -0.2) is 13.2 Å². The summed E-state index contributed by atoms with van der Waals surface area (Å²) >= 11 is 0. The van der Waals surface area contributed by atoms with E-state index in [9.17, 15) is 69.3 Å². The summed E-state index contributed by atoms with van der Waals surface area (Å²) in [6.07, 6.45) is -25.6. The van der Waals surface area contributed by atoms with Gasteiger partial charge in [-0.2, -0.15) is 0 Å². The molecule has 316 valence electrons. The van der Waals surface area contributed by atoms with Gasteiger partial charge in [0.15, 0.2) is 12.5 Å². The van der Waals surface area contributed by atoms with E-state index in [2.05, 4.69) is 0 Å². The highest BCUT2D eigenvalue weighted by Crippen LogP contribution is 2.32. The first-order chi connectivity index (χ1) is 24.7. The molecule has 0 aromatic carbocycles. The van der Waals surface area contributed by atoms with Crippen molar-refractivity contribution >= 4 is 0 Å². The highest BCUT2D eigenvalue weighted by Gasteiger charge is 2.51. The molecule has 0 saturated carbocycles. The summed E-state index contributed by atoms with van der Waals surface area (Å²) < 4.78 is 65.1. The number of ether oxygens (including phenoxy) is 5. The first kappa shape index (κ1) is 48.3. The Hall–Kier alpha value is -0.890. The number of hydrogen-bond acceptors (Lipinski definition) is 17. The molecule has 12 N–H and O–H groups in total. The molecule has 0 spiro atoms. The summed E-state index contributed by atoms with van der Waals surface area (Å²) in [5.41, 5.74) is 0.